The number of rotatable bonds is 4. The second-order valence-electron chi connectivity index (χ2n) is 5.89. The quantitative estimate of drug-likeness (QED) is 0.631. The lowest BCUT2D eigenvalue weighted by Crippen LogP contribution is -2.08. The van der Waals surface area contributed by atoms with Crippen molar-refractivity contribution in [2.45, 2.75) is 18.4 Å². The molecule has 0 saturated heterocycles. The van der Waals surface area contributed by atoms with Crippen molar-refractivity contribution in [2.75, 3.05) is 6.26 Å². The van der Waals surface area contributed by atoms with Crippen LogP contribution < -0.4 is 0 Å². The van der Waals surface area contributed by atoms with Crippen molar-refractivity contribution in [3.05, 3.63) is 70.4 Å². The number of carbonyl (C=O) groups is 1. The first-order valence-electron chi connectivity index (χ1n) is 7.78. The van der Waals surface area contributed by atoms with Gasteiger partial charge < -0.3 is 4.74 Å². The Balaban J connectivity index is 1.79. The summed E-state index contributed by atoms with van der Waals surface area (Å²) in [6.07, 6.45) is 1.11. The van der Waals surface area contributed by atoms with E-state index in [0.717, 1.165) is 22.7 Å². The summed E-state index contributed by atoms with van der Waals surface area (Å²) in [5, 5.41) is 1.41. The van der Waals surface area contributed by atoms with Crippen LogP contribution in [-0.2, 0) is 21.2 Å². The fourth-order valence-electron chi connectivity index (χ4n) is 2.57. The minimum absolute atomic E-state index is 0.0723. The maximum atomic E-state index is 12.2. The molecule has 1 heterocycles. The number of para-hydroxylation sites is 1. The van der Waals surface area contributed by atoms with Gasteiger partial charge in [-0.3, -0.25) is 0 Å². The summed E-state index contributed by atoms with van der Waals surface area (Å²) in [5.74, 6) is -0.575. The normalized spacial score (nSPS) is 11.5. The first-order valence-corrected chi connectivity index (χ1v) is 10.1. The average molecular weight is 390 g/mol. The van der Waals surface area contributed by atoms with E-state index in [9.17, 15) is 13.2 Å². The lowest BCUT2D eigenvalue weighted by molar-refractivity contribution is 0.0468. The highest BCUT2D eigenvalue weighted by molar-refractivity contribution is 7.90. The van der Waals surface area contributed by atoms with Gasteiger partial charge in [-0.05, 0) is 42.8 Å². The zero-order chi connectivity index (χ0) is 18.9. The molecule has 0 atom stereocenters. The summed E-state index contributed by atoms with van der Waals surface area (Å²) in [6.45, 7) is 1.82. The van der Waals surface area contributed by atoms with E-state index in [0.29, 0.717) is 10.7 Å². The van der Waals surface area contributed by atoms with Gasteiger partial charge in [-0.2, -0.15) is 0 Å². The molecule has 134 valence electrons. The molecule has 0 aliphatic heterocycles. The molecule has 5 nitrogen and oxygen atoms in total. The van der Waals surface area contributed by atoms with E-state index in [2.05, 4.69) is 4.98 Å². The Labute approximate surface area is 156 Å². The number of fused-ring (bicyclic) bond motifs is 1. The van der Waals surface area contributed by atoms with Gasteiger partial charge in [0.1, 0.15) is 6.61 Å². The molecule has 3 rings (SSSR count). The first kappa shape index (κ1) is 18.4. The van der Waals surface area contributed by atoms with Crippen molar-refractivity contribution >= 4 is 38.3 Å². The smallest absolute Gasteiger partial charge is 0.338 e. The Morgan fingerprint density at radius 1 is 1.12 bits per heavy atom. The van der Waals surface area contributed by atoms with Gasteiger partial charge in [0.05, 0.1) is 26.7 Å². The Bertz CT molecular complexity index is 1090. The molecule has 0 saturated carbocycles. The van der Waals surface area contributed by atoms with Crippen molar-refractivity contribution in [2.24, 2.45) is 0 Å². The molecule has 0 bridgehead atoms. The molecule has 0 N–H and O–H groups in total. The SMILES string of the molecule is Cc1c(Cl)c(COC(=O)c2ccc(S(C)(=O)=O)cc2)nc2ccccc12. The number of nitrogens with zero attached hydrogens (tertiary/aromatic N) is 1. The second-order valence-corrected chi connectivity index (χ2v) is 8.28. The molecule has 0 fully saturated rings. The maximum absolute atomic E-state index is 12.2. The van der Waals surface area contributed by atoms with E-state index in [1.54, 1.807) is 0 Å². The third-order valence-corrected chi connectivity index (χ3v) is 5.63. The number of benzene rings is 2. The number of halogens is 1. The zero-order valence-corrected chi connectivity index (χ0v) is 15.8. The zero-order valence-electron chi connectivity index (χ0n) is 14.2. The monoisotopic (exact) mass is 389 g/mol. The predicted molar refractivity (Wildman–Crippen MR) is 100 cm³/mol. The lowest BCUT2D eigenvalue weighted by atomic mass is 10.1. The molecule has 0 radical (unpaired) electrons. The van der Waals surface area contributed by atoms with Crippen LogP contribution in [0, 0.1) is 6.92 Å². The fourth-order valence-corrected chi connectivity index (χ4v) is 3.40. The molecule has 7 heteroatoms. The summed E-state index contributed by atoms with van der Waals surface area (Å²) in [7, 11) is -3.31. The van der Waals surface area contributed by atoms with Gasteiger partial charge in [-0.25, -0.2) is 18.2 Å². The van der Waals surface area contributed by atoms with Crippen LogP contribution in [0.25, 0.3) is 10.9 Å². The van der Waals surface area contributed by atoms with Gasteiger partial charge in [-0.15, -0.1) is 0 Å². The van der Waals surface area contributed by atoms with Gasteiger partial charge >= 0.3 is 5.97 Å². The summed E-state index contributed by atoms with van der Waals surface area (Å²) in [4.78, 5) is 16.8. The van der Waals surface area contributed by atoms with E-state index >= 15 is 0 Å². The van der Waals surface area contributed by atoms with Crippen LogP contribution >= 0.6 is 11.6 Å². The van der Waals surface area contributed by atoms with Gasteiger partial charge in [0.2, 0.25) is 0 Å². The van der Waals surface area contributed by atoms with E-state index in [1.165, 1.54) is 24.3 Å². The van der Waals surface area contributed by atoms with Gasteiger partial charge in [0, 0.05) is 11.6 Å². The first-order chi connectivity index (χ1) is 12.3. The second kappa shape index (κ2) is 7.05. The van der Waals surface area contributed by atoms with Crippen molar-refractivity contribution in [3.63, 3.8) is 0 Å². The summed E-state index contributed by atoms with van der Waals surface area (Å²) >= 11 is 6.35. The minimum atomic E-state index is -3.31. The predicted octanol–water partition coefficient (Wildman–Crippen LogP) is 3.96. The van der Waals surface area contributed by atoms with Gasteiger partial charge in [-0.1, -0.05) is 29.8 Å². The summed E-state index contributed by atoms with van der Waals surface area (Å²) in [5.41, 5.74) is 2.38. The molecule has 0 amide bonds. The largest absolute Gasteiger partial charge is 0.456 e. The number of ether oxygens (including phenoxy) is 1. The van der Waals surface area contributed by atoms with Gasteiger partial charge in [0.25, 0.3) is 0 Å². The number of sulfone groups is 1. The van der Waals surface area contributed by atoms with Crippen LogP contribution in [-0.4, -0.2) is 25.6 Å². The standard InChI is InChI=1S/C19H16ClNO4S/c1-12-15-5-3-4-6-16(15)21-17(18(12)20)11-25-19(22)13-7-9-14(10-8-13)26(2,23)24/h3-10H,11H2,1-2H3. The maximum Gasteiger partial charge on any atom is 0.338 e. The Morgan fingerprint density at radius 2 is 1.77 bits per heavy atom. The Morgan fingerprint density at radius 3 is 2.42 bits per heavy atom. The van der Waals surface area contributed by atoms with Crippen molar-refractivity contribution in [1.29, 1.82) is 0 Å². The molecule has 3 aromatic rings. The molecule has 0 unspecified atom stereocenters. The van der Waals surface area contributed by atoms with Crippen LogP contribution in [0.2, 0.25) is 5.02 Å². The summed E-state index contributed by atoms with van der Waals surface area (Å²) < 4.78 is 28.2. The fraction of sp³-hybridized carbons (Fsp3) is 0.158. The number of aryl methyl sites for hydroxylation is 1. The molecular weight excluding hydrogens is 374 g/mol. The van der Waals surface area contributed by atoms with Crippen LogP contribution in [0.5, 0.6) is 0 Å². The number of hydrogen-bond donors (Lipinski definition) is 0. The van der Waals surface area contributed by atoms with Crippen LogP contribution in [0.1, 0.15) is 21.6 Å². The van der Waals surface area contributed by atoms with Crippen molar-refractivity contribution < 1.29 is 17.9 Å². The third-order valence-electron chi connectivity index (χ3n) is 4.00. The van der Waals surface area contributed by atoms with E-state index in [-0.39, 0.29) is 17.1 Å². The molecule has 2 aromatic carbocycles. The molecular formula is C19H16ClNO4S. The number of aromatic nitrogens is 1. The number of carbonyl (C=O) groups excluding carboxylic acids is 1. The Hall–Kier alpha value is -2.44. The molecule has 0 spiro atoms. The van der Waals surface area contributed by atoms with Crippen LogP contribution in [0.15, 0.2) is 53.4 Å². The Kier molecular flexibility index (Phi) is 4.98. The molecule has 0 aliphatic carbocycles. The highest BCUT2D eigenvalue weighted by Gasteiger charge is 2.14. The average Bonchev–Trinajstić information content (AvgIpc) is 2.62. The van der Waals surface area contributed by atoms with Crippen molar-refractivity contribution in [3.8, 4) is 0 Å². The number of pyridine rings is 1. The highest BCUT2D eigenvalue weighted by atomic mass is 35.5. The van der Waals surface area contributed by atoms with Crippen LogP contribution in [0.3, 0.4) is 0 Å². The highest BCUT2D eigenvalue weighted by Crippen LogP contribution is 2.27. The summed E-state index contributed by atoms with van der Waals surface area (Å²) in [6, 6.07) is 13.2. The van der Waals surface area contributed by atoms with Gasteiger partial charge in [0.15, 0.2) is 9.84 Å². The topological polar surface area (TPSA) is 73.3 Å². The number of esters is 1. The lowest BCUT2D eigenvalue weighted by Gasteiger charge is -2.11. The van der Waals surface area contributed by atoms with E-state index in [4.69, 9.17) is 16.3 Å². The van der Waals surface area contributed by atoms with E-state index < -0.39 is 15.8 Å². The molecule has 1 aromatic heterocycles. The van der Waals surface area contributed by atoms with Crippen molar-refractivity contribution in [1.82, 2.24) is 4.98 Å². The molecule has 0 aliphatic rings. The minimum Gasteiger partial charge on any atom is -0.456 e. The van der Waals surface area contributed by atoms with E-state index in [1.807, 2.05) is 31.2 Å². The number of hydrogen-bond acceptors (Lipinski definition) is 5. The van der Waals surface area contributed by atoms with Crippen LogP contribution in [0.4, 0.5) is 0 Å². The molecule has 26 heavy (non-hydrogen) atoms. The third kappa shape index (κ3) is 3.71.